The van der Waals surface area contributed by atoms with Crippen LogP contribution in [0.4, 0.5) is 4.39 Å². The second-order valence-corrected chi connectivity index (χ2v) is 7.78. The summed E-state index contributed by atoms with van der Waals surface area (Å²) in [4.78, 5) is 21.2. The third-order valence-electron chi connectivity index (χ3n) is 5.47. The maximum absolute atomic E-state index is 13.7. The maximum Gasteiger partial charge on any atom is 0.246 e. The van der Waals surface area contributed by atoms with Crippen LogP contribution < -0.4 is 5.32 Å². The molecule has 2 aromatic heterocycles. The van der Waals surface area contributed by atoms with Crippen LogP contribution in [0.1, 0.15) is 28.3 Å². The summed E-state index contributed by atoms with van der Waals surface area (Å²) in [5.41, 5.74) is 0.599. The van der Waals surface area contributed by atoms with Gasteiger partial charge in [0.15, 0.2) is 0 Å². The number of halogens is 1. The highest BCUT2D eigenvalue weighted by atomic mass is 19.1. The minimum Gasteiger partial charge on any atom is -0.378 e. The number of nitrogens with zero attached hydrogens (tertiary/aromatic N) is 2. The molecule has 0 aliphatic heterocycles. The first-order valence-electron chi connectivity index (χ1n) is 10.8. The van der Waals surface area contributed by atoms with Crippen LogP contribution in [0.3, 0.4) is 0 Å². The minimum atomic E-state index is -1.74. The van der Waals surface area contributed by atoms with E-state index in [1.165, 1.54) is 36.7 Å². The number of hydrogen-bond donors (Lipinski definition) is 2. The van der Waals surface area contributed by atoms with Gasteiger partial charge in [-0.05, 0) is 35.4 Å². The molecule has 4 aromatic rings. The number of ether oxygens (including phenoxy) is 1. The number of rotatable bonds is 9. The molecule has 4 rings (SSSR count). The lowest BCUT2D eigenvalue weighted by Crippen LogP contribution is -2.46. The van der Waals surface area contributed by atoms with E-state index in [9.17, 15) is 14.3 Å². The fourth-order valence-electron chi connectivity index (χ4n) is 3.80. The first-order valence-corrected chi connectivity index (χ1v) is 10.8. The highest BCUT2D eigenvalue weighted by molar-refractivity contribution is 5.78. The lowest BCUT2D eigenvalue weighted by molar-refractivity contribution is -0.128. The van der Waals surface area contributed by atoms with Crippen LogP contribution in [-0.2, 0) is 21.7 Å². The lowest BCUT2D eigenvalue weighted by atomic mass is 9.78. The quantitative estimate of drug-likeness (QED) is 0.398. The van der Waals surface area contributed by atoms with Gasteiger partial charge in [-0.1, -0.05) is 54.6 Å². The summed E-state index contributed by atoms with van der Waals surface area (Å²) >= 11 is 0. The van der Waals surface area contributed by atoms with Crippen molar-refractivity contribution in [3.05, 3.63) is 132 Å². The number of carbonyl (C=O) groups is 1. The minimum absolute atomic E-state index is 0.219. The summed E-state index contributed by atoms with van der Waals surface area (Å²) in [6, 6.07) is 21.0. The van der Waals surface area contributed by atoms with Crippen LogP contribution >= 0.6 is 0 Å². The number of pyridine rings is 2. The molecule has 1 atom stereocenters. The van der Waals surface area contributed by atoms with Crippen molar-refractivity contribution < 1.29 is 19.0 Å². The number of amides is 1. The monoisotopic (exact) mass is 457 g/mol. The zero-order valence-corrected chi connectivity index (χ0v) is 18.3. The van der Waals surface area contributed by atoms with E-state index in [0.717, 1.165) is 5.56 Å². The summed E-state index contributed by atoms with van der Waals surface area (Å²) < 4.78 is 19.3. The number of benzene rings is 2. The van der Waals surface area contributed by atoms with E-state index >= 15 is 0 Å². The molecule has 0 aliphatic rings. The molecule has 2 N–H and O–H groups in total. The molecule has 0 aliphatic carbocycles. The van der Waals surface area contributed by atoms with Crippen LogP contribution in [0.25, 0.3) is 0 Å². The Morgan fingerprint density at radius 2 is 1.53 bits per heavy atom. The molecule has 0 radical (unpaired) electrons. The summed E-state index contributed by atoms with van der Waals surface area (Å²) in [5, 5.41) is 15.0. The van der Waals surface area contributed by atoms with Crippen molar-refractivity contribution in [3.63, 3.8) is 0 Å². The third-order valence-corrected chi connectivity index (χ3v) is 5.47. The second-order valence-electron chi connectivity index (χ2n) is 7.78. The van der Waals surface area contributed by atoms with Gasteiger partial charge in [0, 0.05) is 35.9 Å². The first-order chi connectivity index (χ1) is 16.6. The number of aromatic nitrogens is 2. The average molecular weight is 458 g/mol. The molecule has 1 amide bonds. The molecule has 2 aromatic carbocycles. The number of hydrogen-bond acceptors (Lipinski definition) is 5. The van der Waals surface area contributed by atoms with Gasteiger partial charge in [-0.2, -0.15) is 0 Å². The molecule has 172 valence electrons. The Morgan fingerprint density at radius 1 is 0.912 bits per heavy atom. The SMILES string of the molecule is O=C(COCc1ccccc1)N[C@H](c1ccc(F)cc1)C(O)(c1cccnc1)c1cccnc1. The Morgan fingerprint density at radius 3 is 2.09 bits per heavy atom. The van der Waals surface area contributed by atoms with Crippen molar-refractivity contribution in [2.45, 2.75) is 18.2 Å². The highest BCUT2D eigenvalue weighted by Gasteiger charge is 2.42. The van der Waals surface area contributed by atoms with Crippen LogP contribution in [0, 0.1) is 5.82 Å². The van der Waals surface area contributed by atoms with Crippen molar-refractivity contribution in [3.8, 4) is 0 Å². The molecule has 2 heterocycles. The van der Waals surface area contributed by atoms with Gasteiger partial charge in [-0.15, -0.1) is 0 Å². The van der Waals surface area contributed by atoms with Gasteiger partial charge in [-0.25, -0.2) is 4.39 Å². The molecule has 6 nitrogen and oxygen atoms in total. The van der Waals surface area contributed by atoms with Gasteiger partial charge in [0.05, 0.1) is 12.6 Å². The van der Waals surface area contributed by atoms with E-state index in [1.54, 1.807) is 36.7 Å². The Labute approximate surface area is 197 Å². The molecule has 0 saturated carbocycles. The lowest BCUT2D eigenvalue weighted by Gasteiger charge is -2.37. The molecular formula is C27H24FN3O3. The van der Waals surface area contributed by atoms with Crippen LogP contribution in [0.5, 0.6) is 0 Å². The fourth-order valence-corrected chi connectivity index (χ4v) is 3.80. The summed E-state index contributed by atoms with van der Waals surface area (Å²) in [7, 11) is 0. The Hall–Kier alpha value is -3.94. The van der Waals surface area contributed by atoms with Crippen molar-refractivity contribution in [2.24, 2.45) is 0 Å². The summed E-state index contributed by atoms with van der Waals surface area (Å²) in [5.74, 6) is -0.859. The normalized spacial score (nSPS) is 12.2. The Kier molecular flexibility index (Phi) is 7.37. The third kappa shape index (κ3) is 5.33. The van der Waals surface area contributed by atoms with Gasteiger partial charge >= 0.3 is 0 Å². The molecule has 0 spiro atoms. The van der Waals surface area contributed by atoms with Crippen LogP contribution in [-0.4, -0.2) is 27.6 Å². The van der Waals surface area contributed by atoms with E-state index in [1.807, 2.05) is 30.3 Å². The van der Waals surface area contributed by atoms with Gasteiger partial charge < -0.3 is 15.2 Å². The average Bonchev–Trinajstić information content (AvgIpc) is 2.89. The number of aliphatic hydroxyl groups is 1. The summed E-state index contributed by atoms with van der Waals surface area (Å²) in [6.45, 7) is 0.0493. The molecule has 0 unspecified atom stereocenters. The van der Waals surface area contributed by atoms with Crippen molar-refractivity contribution in [1.29, 1.82) is 0 Å². The molecule has 34 heavy (non-hydrogen) atoms. The summed E-state index contributed by atoms with van der Waals surface area (Å²) in [6.07, 6.45) is 6.25. The molecule has 7 heteroatoms. The molecule has 0 fully saturated rings. The van der Waals surface area contributed by atoms with E-state index < -0.39 is 23.4 Å². The Bertz CT molecular complexity index is 1150. The van der Waals surface area contributed by atoms with E-state index in [0.29, 0.717) is 16.7 Å². The largest absolute Gasteiger partial charge is 0.378 e. The second kappa shape index (κ2) is 10.8. The predicted octanol–water partition coefficient (Wildman–Crippen LogP) is 3.93. The highest BCUT2D eigenvalue weighted by Crippen LogP contribution is 2.40. The smallest absolute Gasteiger partial charge is 0.246 e. The van der Waals surface area contributed by atoms with Crippen molar-refractivity contribution in [1.82, 2.24) is 15.3 Å². The van der Waals surface area contributed by atoms with Gasteiger partial charge in [-0.3, -0.25) is 14.8 Å². The first kappa shape index (κ1) is 23.2. The van der Waals surface area contributed by atoms with Crippen molar-refractivity contribution in [2.75, 3.05) is 6.61 Å². The topological polar surface area (TPSA) is 84.3 Å². The van der Waals surface area contributed by atoms with Gasteiger partial charge in [0.2, 0.25) is 5.91 Å². The molecular weight excluding hydrogens is 433 g/mol. The Balaban J connectivity index is 1.66. The van der Waals surface area contributed by atoms with Crippen LogP contribution in [0.2, 0.25) is 0 Å². The molecule has 0 saturated heterocycles. The van der Waals surface area contributed by atoms with E-state index in [-0.39, 0.29) is 13.2 Å². The zero-order chi connectivity index (χ0) is 23.8. The molecule has 0 bridgehead atoms. The van der Waals surface area contributed by atoms with E-state index in [2.05, 4.69) is 15.3 Å². The predicted molar refractivity (Wildman–Crippen MR) is 125 cm³/mol. The zero-order valence-electron chi connectivity index (χ0n) is 18.3. The van der Waals surface area contributed by atoms with Crippen molar-refractivity contribution >= 4 is 5.91 Å². The van der Waals surface area contributed by atoms with Crippen LogP contribution in [0.15, 0.2) is 104 Å². The number of carbonyl (C=O) groups excluding carboxylic acids is 1. The standard InChI is InChI=1S/C27H24FN3O3/c28-24-12-10-21(11-13-24)26(31-25(32)19-34-18-20-6-2-1-3-7-20)27(33,22-8-4-14-29-16-22)23-9-5-15-30-17-23/h1-17,26,33H,18-19H2,(H,31,32)/t26-/m1/s1. The maximum atomic E-state index is 13.7. The fraction of sp³-hybridized carbons (Fsp3) is 0.148. The number of nitrogens with one attached hydrogen (secondary N) is 1. The van der Waals surface area contributed by atoms with Gasteiger partial charge in [0.1, 0.15) is 18.0 Å². The van der Waals surface area contributed by atoms with Gasteiger partial charge in [0.25, 0.3) is 0 Å². The van der Waals surface area contributed by atoms with E-state index in [4.69, 9.17) is 4.74 Å².